The van der Waals surface area contributed by atoms with Gasteiger partial charge >= 0.3 is 6.18 Å². The van der Waals surface area contributed by atoms with Crippen LogP contribution in [0.25, 0.3) is 22.3 Å². The van der Waals surface area contributed by atoms with Gasteiger partial charge in [-0.05, 0) is 55.0 Å². The molecule has 0 aliphatic rings. The Balaban J connectivity index is 1.54. The van der Waals surface area contributed by atoms with Gasteiger partial charge in [0.2, 0.25) is 0 Å². The number of carbonyl (C=O) groups is 1. The quantitative estimate of drug-likeness (QED) is 0.210. The van der Waals surface area contributed by atoms with Crippen molar-refractivity contribution >= 4 is 34.4 Å². The lowest BCUT2D eigenvalue weighted by Gasteiger charge is -2.16. The molecule has 4 aromatic carbocycles. The number of aryl methyl sites for hydroxylation is 1. The number of amides is 1. The number of ether oxygens (including phenoxy) is 1. The summed E-state index contributed by atoms with van der Waals surface area (Å²) in [6, 6.07) is 23.7. The van der Waals surface area contributed by atoms with E-state index in [0.717, 1.165) is 28.1 Å². The van der Waals surface area contributed by atoms with Crippen molar-refractivity contribution in [3.63, 3.8) is 0 Å². The number of rotatable bonds is 8. The Morgan fingerprint density at radius 3 is 2.50 bits per heavy atom. The van der Waals surface area contributed by atoms with Crippen LogP contribution in [0.2, 0.25) is 0 Å². The molecule has 1 amide bonds. The fourth-order valence-corrected chi connectivity index (χ4v) is 4.45. The molecule has 11 heteroatoms. The number of carbonyl (C=O) groups excluding carboxylic acids is 1. The molecular weight excluding hydrogens is 571 g/mol. The number of nitrogens with one attached hydrogen (secondary N) is 1. The number of aromatic nitrogens is 2. The Kier molecular flexibility index (Phi) is 8.48. The molecule has 0 bridgehead atoms. The summed E-state index contributed by atoms with van der Waals surface area (Å²) in [5.74, 6) is -0.137. The third kappa shape index (κ3) is 6.62. The van der Waals surface area contributed by atoms with Gasteiger partial charge in [0.1, 0.15) is 5.75 Å². The number of fused-ring (bicyclic) bond motifs is 1. The molecule has 224 valence electrons. The van der Waals surface area contributed by atoms with E-state index in [0.29, 0.717) is 22.5 Å². The first kappa shape index (κ1) is 30.0. The van der Waals surface area contributed by atoms with Gasteiger partial charge in [-0.15, -0.1) is 0 Å². The van der Waals surface area contributed by atoms with E-state index in [1.807, 2.05) is 44.1 Å². The van der Waals surface area contributed by atoms with Crippen LogP contribution in [0.5, 0.6) is 5.75 Å². The summed E-state index contributed by atoms with van der Waals surface area (Å²) in [6.07, 6.45) is -3.24. The summed E-state index contributed by atoms with van der Waals surface area (Å²) in [4.78, 5) is 32.6. The highest BCUT2D eigenvalue weighted by Gasteiger charge is 2.31. The summed E-state index contributed by atoms with van der Waals surface area (Å²) in [6.45, 7) is 1.57. The predicted molar refractivity (Wildman–Crippen MR) is 166 cm³/mol. The molecule has 1 N–H and O–H groups in total. The van der Waals surface area contributed by atoms with Crippen LogP contribution in [0.4, 0.5) is 24.5 Å². The smallest absolute Gasteiger partial charge is 0.416 e. The number of para-hydroxylation sites is 2. The molecule has 0 spiro atoms. The van der Waals surface area contributed by atoms with E-state index in [1.165, 1.54) is 18.3 Å². The van der Waals surface area contributed by atoms with E-state index in [-0.39, 0.29) is 29.3 Å². The number of halogens is 3. The van der Waals surface area contributed by atoms with Crippen molar-refractivity contribution in [2.24, 2.45) is 5.10 Å². The summed E-state index contributed by atoms with van der Waals surface area (Å²) in [7, 11) is 3.69. The molecule has 44 heavy (non-hydrogen) atoms. The lowest BCUT2D eigenvalue weighted by atomic mass is 10.1. The van der Waals surface area contributed by atoms with Gasteiger partial charge in [0, 0.05) is 42.7 Å². The summed E-state index contributed by atoms with van der Waals surface area (Å²) < 4.78 is 47.4. The maximum Gasteiger partial charge on any atom is 0.416 e. The number of benzene rings is 4. The van der Waals surface area contributed by atoms with Crippen LogP contribution in [0.1, 0.15) is 16.7 Å². The van der Waals surface area contributed by atoms with Crippen LogP contribution in [0.15, 0.2) is 101 Å². The van der Waals surface area contributed by atoms with Gasteiger partial charge in [-0.3, -0.25) is 9.59 Å². The topological polar surface area (TPSA) is 88.8 Å². The molecule has 0 unspecified atom stereocenters. The Morgan fingerprint density at radius 2 is 1.75 bits per heavy atom. The van der Waals surface area contributed by atoms with Gasteiger partial charge in [0.05, 0.1) is 22.7 Å². The highest BCUT2D eigenvalue weighted by Crippen LogP contribution is 2.32. The molecule has 1 aromatic heterocycles. The van der Waals surface area contributed by atoms with Gasteiger partial charge in [-0.25, -0.2) is 4.98 Å². The van der Waals surface area contributed by atoms with E-state index in [4.69, 9.17) is 4.74 Å². The third-order valence-corrected chi connectivity index (χ3v) is 6.81. The molecule has 0 fully saturated rings. The Morgan fingerprint density at radius 1 is 1.00 bits per heavy atom. The SMILES string of the molecule is Cc1ccccc1NC(=O)COc1cc(N(C)C)ccc1C=Nn1c(-c2cccc(C(F)(F)F)c2)nc2ccccc2c1=O. The van der Waals surface area contributed by atoms with E-state index in [2.05, 4.69) is 15.4 Å². The molecule has 0 radical (unpaired) electrons. The van der Waals surface area contributed by atoms with Gasteiger partial charge in [-0.2, -0.15) is 22.9 Å². The minimum atomic E-state index is -4.59. The number of nitrogens with zero attached hydrogens (tertiary/aromatic N) is 4. The second-order valence-electron chi connectivity index (χ2n) is 10.2. The average molecular weight is 600 g/mol. The molecule has 0 aliphatic carbocycles. The second-order valence-corrected chi connectivity index (χ2v) is 10.2. The van der Waals surface area contributed by atoms with E-state index in [1.54, 1.807) is 48.5 Å². The summed E-state index contributed by atoms with van der Waals surface area (Å²) in [5, 5.41) is 7.44. The first-order chi connectivity index (χ1) is 21.0. The van der Waals surface area contributed by atoms with Gasteiger partial charge in [0.15, 0.2) is 12.4 Å². The lowest BCUT2D eigenvalue weighted by molar-refractivity contribution is -0.137. The maximum atomic E-state index is 13.6. The molecule has 0 saturated heterocycles. The van der Waals surface area contributed by atoms with Gasteiger partial charge in [-0.1, -0.05) is 42.5 Å². The number of hydrogen-bond donors (Lipinski definition) is 1. The first-order valence-electron chi connectivity index (χ1n) is 13.5. The fraction of sp³-hybridized carbons (Fsp3) is 0.152. The van der Waals surface area contributed by atoms with Crippen molar-refractivity contribution in [1.29, 1.82) is 0 Å². The van der Waals surface area contributed by atoms with Crippen LogP contribution in [-0.2, 0) is 11.0 Å². The lowest BCUT2D eigenvalue weighted by Crippen LogP contribution is -2.22. The molecule has 5 aromatic rings. The van der Waals surface area contributed by atoms with E-state index < -0.39 is 17.3 Å². The molecule has 1 heterocycles. The highest BCUT2D eigenvalue weighted by molar-refractivity contribution is 5.93. The number of alkyl halides is 3. The van der Waals surface area contributed by atoms with Crippen LogP contribution in [-0.4, -0.2) is 42.5 Å². The molecule has 5 rings (SSSR count). The third-order valence-electron chi connectivity index (χ3n) is 6.81. The first-order valence-corrected chi connectivity index (χ1v) is 13.5. The van der Waals surface area contributed by atoms with E-state index in [9.17, 15) is 22.8 Å². The van der Waals surface area contributed by atoms with Gasteiger partial charge < -0.3 is 15.0 Å². The Hall–Kier alpha value is -5.45. The fourth-order valence-electron chi connectivity index (χ4n) is 4.45. The van der Waals surface area contributed by atoms with Crippen LogP contribution in [0, 0.1) is 6.92 Å². The standard InChI is InChI=1S/C33H28F3N5O3/c1-21-9-4-6-13-27(21)38-30(42)20-44-29-18-25(40(2)3)16-15-23(29)19-37-41-31(22-10-8-11-24(17-22)33(34,35)36)39-28-14-7-5-12-26(28)32(41)43/h4-19H,20H2,1-3H3,(H,38,42). The number of anilines is 2. The van der Waals surface area contributed by atoms with Crippen molar-refractivity contribution < 1.29 is 22.7 Å². The predicted octanol–water partition coefficient (Wildman–Crippen LogP) is 6.36. The van der Waals surface area contributed by atoms with Crippen LogP contribution >= 0.6 is 0 Å². The molecule has 0 atom stereocenters. The van der Waals surface area contributed by atoms with Crippen LogP contribution < -0.4 is 20.5 Å². The maximum absolute atomic E-state index is 13.6. The molecule has 8 nitrogen and oxygen atoms in total. The van der Waals surface area contributed by atoms with Crippen molar-refractivity contribution in [2.45, 2.75) is 13.1 Å². The monoisotopic (exact) mass is 599 g/mol. The number of hydrogen-bond acceptors (Lipinski definition) is 6. The van der Waals surface area contributed by atoms with Crippen LogP contribution in [0.3, 0.4) is 0 Å². The second kappa shape index (κ2) is 12.4. The Bertz CT molecular complexity index is 1930. The zero-order valence-corrected chi connectivity index (χ0v) is 24.1. The minimum Gasteiger partial charge on any atom is -0.483 e. The summed E-state index contributed by atoms with van der Waals surface area (Å²) in [5.41, 5.74) is 1.70. The minimum absolute atomic E-state index is 0.0622. The largest absolute Gasteiger partial charge is 0.483 e. The summed E-state index contributed by atoms with van der Waals surface area (Å²) >= 11 is 0. The highest BCUT2D eigenvalue weighted by atomic mass is 19.4. The zero-order chi connectivity index (χ0) is 31.4. The average Bonchev–Trinajstić information content (AvgIpc) is 3.00. The van der Waals surface area contributed by atoms with Crippen molar-refractivity contribution in [3.8, 4) is 17.1 Å². The normalized spacial score (nSPS) is 11.6. The van der Waals surface area contributed by atoms with Crippen molar-refractivity contribution in [2.75, 3.05) is 30.9 Å². The zero-order valence-electron chi connectivity index (χ0n) is 24.1. The molecule has 0 aliphatic heterocycles. The molecular formula is C33H28F3N5O3. The van der Waals surface area contributed by atoms with Gasteiger partial charge in [0.25, 0.3) is 11.5 Å². The van der Waals surface area contributed by atoms with E-state index >= 15 is 0 Å². The Labute approximate surface area is 251 Å². The van der Waals surface area contributed by atoms with Crippen molar-refractivity contribution in [3.05, 3.63) is 118 Å². The van der Waals surface area contributed by atoms with Crippen molar-refractivity contribution in [1.82, 2.24) is 9.66 Å². The molecule has 0 saturated carbocycles.